The first-order valence-electron chi connectivity index (χ1n) is 15.9. The van der Waals surface area contributed by atoms with Crippen LogP contribution in [0.1, 0.15) is 53.2 Å². The van der Waals surface area contributed by atoms with Gasteiger partial charge in [0.2, 0.25) is 23.6 Å². The van der Waals surface area contributed by atoms with E-state index in [-0.39, 0.29) is 37.0 Å². The van der Waals surface area contributed by atoms with E-state index in [1.165, 1.54) is 0 Å². The number of hydrogen-bond donors (Lipinski definition) is 3. The van der Waals surface area contributed by atoms with Gasteiger partial charge in [0, 0.05) is 33.1 Å². The molecular weight excluding hydrogens is 598 g/mol. The number of fused-ring (bicyclic) bond motifs is 1. The Morgan fingerprint density at radius 3 is 2.32 bits per heavy atom. The number of amides is 5. The van der Waals surface area contributed by atoms with Crippen LogP contribution in [0.15, 0.2) is 78.9 Å². The first-order chi connectivity index (χ1) is 22.7. The number of carbonyl (C=O) groups is 5. The van der Waals surface area contributed by atoms with Gasteiger partial charge in [-0.3, -0.25) is 24.0 Å². The number of benzene rings is 3. The number of carbonyl (C=O) groups excluding carboxylic acids is 5. The van der Waals surface area contributed by atoms with Gasteiger partial charge in [-0.2, -0.15) is 0 Å². The van der Waals surface area contributed by atoms with Gasteiger partial charge >= 0.3 is 0 Å². The van der Waals surface area contributed by atoms with Gasteiger partial charge < -0.3 is 30.5 Å². The molecule has 1 fully saturated rings. The minimum absolute atomic E-state index is 0.0964. The zero-order valence-electron chi connectivity index (χ0n) is 26.7. The second kappa shape index (κ2) is 15.4. The molecule has 2 aliphatic rings. The Labute approximate surface area is 274 Å². The molecule has 0 bridgehead atoms. The van der Waals surface area contributed by atoms with Crippen molar-refractivity contribution in [3.63, 3.8) is 0 Å². The fourth-order valence-corrected chi connectivity index (χ4v) is 5.80. The van der Waals surface area contributed by atoms with Gasteiger partial charge in [-0.1, -0.05) is 66.7 Å². The van der Waals surface area contributed by atoms with Gasteiger partial charge in [-0.15, -0.1) is 0 Å². The smallest absolute Gasteiger partial charge is 0.255 e. The molecule has 11 heteroatoms. The standard InChI is InChI=1S/C36H41N5O6/c1-24-36(46)40(2)28(19-25-9-4-3-5-10-25)23-47-31-12-7-6-11-29(31)34(44)39-30(20-32(42)38-24)35(45)37-21-26-14-16-27(17-15-26)22-41-18-8-13-33(41)43/h3-7,9-12,14-17,24,28,30H,8,13,18-23H2,1-2H3,(H,37,45)(H,38,42)(H,39,44)/t24-,28-,30-/m0/s1. The molecule has 3 atom stereocenters. The van der Waals surface area contributed by atoms with E-state index < -0.39 is 35.8 Å². The van der Waals surface area contributed by atoms with Crippen LogP contribution in [0, 0.1) is 0 Å². The van der Waals surface area contributed by atoms with E-state index in [1.54, 1.807) is 43.1 Å². The van der Waals surface area contributed by atoms with Crippen LogP contribution in [-0.2, 0) is 38.7 Å². The topological polar surface area (TPSA) is 137 Å². The fourth-order valence-electron chi connectivity index (χ4n) is 5.80. The van der Waals surface area contributed by atoms with Crippen molar-refractivity contribution in [2.75, 3.05) is 20.2 Å². The number of likely N-dealkylation sites (tertiary alicyclic amines) is 1. The largest absolute Gasteiger partial charge is 0.491 e. The number of likely N-dealkylation sites (N-methyl/N-ethyl adjacent to an activating group) is 1. The molecule has 2 aliphatic heterocycles. The molecule has 0 aromatic heterocycles. The Hall–Kier alpha value is -5.19. The van der Waals surface area contributed by atoms with E-state index in [0.29, 0.717) is 25.1 Å². The molecule has 5 amide bonds. The van der Waals surface area contributed by atoms with E-state index in [2.05, 4.69) is 16.0 Å². The maximum atomic E-state index is 13.5. The quantitative estimate of drug-likeness (QED) is 0.364. The summed E-state index contributed by atoms with van der Waals surface area (Å²) in [6.45, 7) is 3.16. The van der Waals surface area contributed by atoms with Gasteiger partial charge in [-0.25, -0.2) is 0 Å². The molecule has 246 valence electrons. The number of nitrogens with one attached hydrogen (secondary N) is 3. The number of nitrogens with zero attached hydrogens (tertiary/aromatic N) is 2. The van der Waals surface area contributed by atoms with Crippen LogP contribution in [0.25, 0.3) is 0 Å². The van der Waals surface area contributed by atoms with Crippen LogP contribution in [0.3, 0.4) is 0 Å². The summed E-state index contributed by atoms with van der Waals surface area (Å²) in [4.78, 5) is 68.9. The Bertz CT molecular complexity index is 1590. The van der Waals surface area contributed by atoms with Gasteiger partial charge in [0.05, 0.1) is 18.0 Å². The first-order valence-corrected chi connectivity index (χ1v) is 15.9. The summed E-state index contributed by atoms with van der Waals surface area (Å²) < 4.78 is 6.16. The predicted molar refractivity (Wildman–Crippen MR) is 175 cm³/mol. The molecule has 3 N–H and O–H groups in total. The zero-order chi connectivity index (χ0) is 33.3. The van der Waals surface area contributed by atoms with Crippen LogP contribution in [0.4, 0.5) is 0 Å². The monoisotopic (exact) mass is 639 g/mol. The van der Waals surface area contributed by atoms with Crippen molar-refractivity contribution < 1.29 is 28.7 Å². The minimum atomic E-state index is -1.22. The third kappa shape index (κ3) is 8.75. The molecular formula is C36H41N5O6. The number of para-hydroxylation sites is 1. The normalized spacial score (nSPS) is 20.9. The summed E-state index contributed by atoms with van der Waals surface area (Å²) in [7, 11) is 1.67. The Kier molecular flexibility index (Phi) is 10.9. The lowest BCUT2D eigenvalue weighted by molar-refractivity contribution is -0.137. The van der Waals surface area contributed by atoms with E-state index in [9.17, 15) is 24.0 Å². The third-order valence-corrected chi connectivity index (χ3v) is 8.57. The summed E-state index contributed by atoms with van der Waals surface area (Å²) in [5.41, 5.74) is 3.02. The van der Waals surface area contributed by atoms with Crippen LogP contribution in [0.5, 0.6) is 5.75 Å². The molecule has 0 saturated carbocycles. The maximum absolute atomic E-state index is 13.5. The van der Waals surface area contributed by atoms with Crippen LogP contribution in [-0.4, -0.2) is 77.7 Å². The lowest BCUT2D eigenvalue weighted by atomic mass is 10.0. The molecule has 0 unspecified atom stereocenters. The maximum Gasteiger partial charge on any atom is 0.255 e. The van der Waals surface area contributed by atoms with Crippen LogP contribution < -0.4 is 20.7 Å². The number of rotatable bonds is 7. The molecule has 0 aliphatic carbocycles. The third-order valence-electron chi connectivity index (χ3n) is 8.57. The molecule has 3 aromatic carbocycles. The van der Waals surface area contributed by atoms with Gasteiger partial charge in [0.1, 0.15) is 24.4 Å². The molecule has 11 nitrogen and oxygen atoms in total. The summed E-state index contributed by atoms with van der Waals surface area (Å²) in [5.74, 6) is -1.53. The highest BCUT2D eigenvalue weighted by atomic mass is 16.5. The van der Waals surface area contributed by atoms with Crippen LogP contribution >= 0.6 is 0 Å². The van der Waals surface area contributed by atoms with E-state index in [1.807, 2.05) is 59.5 Å². The molecule has 5 rings (SSSR count). The lowest BCUT2D eigenvalue weighted by Crippen LogP contribution is -2.53. The Morgan fingerprint density at radius 1 is 0.894 bits per heavy atom. The van der Waals surface area contributed by atoms with Gasteiger partial charge in [-0.05, 0) is 48.6 Å². The average molecular weight is 640 g/mol. The number of hydrogen-bond acceptors (Lipinski definition) is 6. The van der Waals surface area contributed by atoms with Gasteiger partial charge in [0.25, 0.3) is 5.91 Å². The fraction of sp³-hybridized carbons (Fsp3) is 0.361. The minimum Gasteiger partial charge on any atom is -0.491 e. The van der Waals surface area contributed by atoms with E-state index in [0.717, 1.165) is 29.7 Å². The predicted octanol–water partition coefficient (Wildman–Crippen LogP) is 2.58. The zero-order valence-corrected chi connectivity index (χ0v) is 26.7. The van der Waals surface area contributed by atoms with Crippen LogP contribution in [0.2, 0.25) is 0 Å². The highest BCUT2D eigenvalue weighted by molar-refractivity contribution is 6.01. The van der Waals surface area contributed by atoms with Crippen molar-refractivity contribution in [1.82, 2.24) is 25.8 Å². The molecule has 2 heterocycles. The Morgan fingerprint density at radius 2 is 1.60 bits per heavy atom. The van der Waals surface area contributed by atoms with E-state index >= 15 is 0 Å². The molecule has 0 spiro atoms. The SMILES string of the molecule is C[C@@H]1NC(=O)C[C@@H](C(=O)NCc2ccc(CN3CCCC3=O)cc2)NC(=O)c2ccccc2OC[C@H](Cc2ccccc2)N(C)C1=O. The molecule has 3 aromatic rings. The second-order valence-electron chi connectivity index (χ2n) is 12.1. The Balaban J connectivity index is 1.30. The highest BCUT2D eigenvalue weighted by Gasteiger charge is 2.31. The number of ether oxygens (including phenoxy) is 1. The first kappa shape index (κ1) is 33.2. The van der Waals surface area contributed by atoms with E-state index in [4.69, 9.17) is 4.74 Å². The van der Waals surface area contributed by atoms with Gasteiger partial charge in [0.15, 0.2) is 0 Å². The summed E-state index contributed by atoms with van der Waals surface area (Å²) in [5, 5.41) is 8.23. The lowest BCUT2D eigenvalue weighted by Gasteiger charge is -2.31. The summed E-state index contributed by atoms with van der Waals surface area (Å²) in [6, 6.07) is 21.5. The molecule has 47 heavy (non-hydrogen) atoms. The van der Waals surface area contributed by atoms with Crippen molar-refractivity contribution in [1.29, 1.82) is 0 Å². The van der Waals surface area contributed by atoms with Crippen molar-refractivity contribution in [3.05, 3.63) is 101 Å². The summed E-state index contributed by atoms with van der Waals surface area (Å²) in [6.07, 6.45) is 1.58. The van der Waals surface area contributed by atoms with Crippen molar-refractivity contribution in [2.24, 2.45) is 0 Å². The van der Waals surface area contributed by atoms with Crippen molar-refractivity contribution in [2.45, 2.75) is 63.8 Å². The summed E-state index contributed by atoms with van der Waals surface area (Å²) >= 11 is 0. The highest BCUT2D eigenvalue weighted by Crippen LogP contribution is 2.21. The van der Waals surface area contributed by atoms with Crippen molar-refractivity contribution >= 4 is 29.5 Å². The average Bonchev–Trinajstić information content (AvgIpc) is 3.48. The molecule has 0 radical (unpaired) electrons. The van der Waals surface area contributed by atoms with Crippen molar-refractivity contribution in [3.8, 4) is 5.75 Å². The second-order valence-corrected chi connectivity index (χ2v) is 12.1. The molecule has 1 saturated heterocycles.